The molecule has 2 unspecified atom stereocenters. The Morgan fingerprint density at radius 3 is 2.48 bits per heavy atom. The van der Waals surface area contributed by atoms with E-state index in [1.165, 1.54) is 7.11 Å². The molecule has 2 fully saturated rings. The average molecular weight is 348 g/mol. The molecule has 2 rings (SSSR count). The highest BCUT2D eigenvalue weighted by Crippen LogP contribution is 2.32. The third-order valence-electron chi connectivity index (χ3n) is 5.03. The summed E-state index contributed by atoms with van der Waals surface area (Å²) in [5.74, 6) is 0.0230. The third-order valence-corrected chi connectivity index (χ3v) is 5.03. The molecule has 0 bridgehead atoms. The van der Waals surface area contributed by atoms with Crippen LogP contribution in [0.15, 0.2) is 0 Å². The number of rotatable bonds is 4. The SMILES string of the molecule is COCC(=O)N1CCC(NC(=O)C2CCCCC2(C)N)CC1.Cl. The Balaban J connectivity index is 0.00000264. The molecule has 0 spiro atoms. The van der Waals surface area contributed by atoms with Gasteiger partial charge in [0.05, 0.1) is 5.92 Å². The number of methoxy groups -OCH3 is 1. The van der Waals surface area contributed by atoms with Gasteiger partial charge >= 0.3 is 0 Å². The number of nitrogens with one attached hydrogen (secondary N) is 1. The molecule has 7 heteroatoms. The van der Waals surface area contributed by atoms with Gasteiger partial charge in [-0.3, -0.25) is 9.59 Å². The normalized spacial score (nSPS) is 28.8. The van der Waals surface area contributed by atoms with Crippen LogP contribution in [0.1, 0.15) is 45.4 Å². The maximum atomic E-state index is 12.5. The van der Waals surface area contributed by atoms with Gasteiger partial charge in [-0.05, 0) is 32.6 Å². The summed E-state index contributed by atoms with van der Waals surface area (Å²) >= 11 is 0. The quantitative estimate of drug-likeness (QED) is 0.796. The van der Waals surface area contributed by atoms with Crippen LogP contribution in [0.25, 0.3) is 0 Å². The summed E-state index contributed by atoms with van der Waals surface area (Å²) in [5, 5.41) is 3.15. The van der Waals surface area contributed by atoms with Gasteiger partial charge < -0.3 is 20.7 Å². The van der Waals surface area contributed by atoms with E-state index in [1.807, 2.05) is 6.92 Å². The fraction of sp³-hybridized carbons (Fsp3) is 0.875. The molecule has 0 aromatic carbocycles. The second-order valence-corrected chi connectivity index (χ2v) is 6.90. The number of hydrogen-bond donors (Lipinski definition) is 2. The minimum absolute atomic E-state index is 0. The molecule has 1 aliphatic carbocycles. The van der Waals surface area contributed by atoms with Gasteiger partial charge in [0.1, 0.15) is 6.61 Å². The number of piperidine rings is 1. The van der Waals surface area contributed by atoms with Crippen LogP contribution in [0.4, 0.5) is 0 Å². The summed E-state index contributed by atoms with van der Waals surface area (Å²) in [5.41, 5.74) is 5.90. The molecule has 0 aromatic heterocycles. The summed E-state index contributed by atoms with van der Waals surface area (Å²) in [4.78, 5) is 26.1. The first-order chi connectivity index (χ1) is 10.4. The van der Waals surface area contributed by atoms with Gasteiger partial charge in [-0.15, -0.1) is 12.4 Å². The van der Waals surface area contributed by atoms with E-state index in [9.17, 15) is 9.59 Å². The molecule has 0 aromatic rings. The van der Waals surface area contributed by atoms with Gasteiger partial charge in [0.2, 0.25) is 11.8 Å². The lowest BCUT2D eigenvalue weighted by atomic mass is 9.74. The fourth-order valence-electron chi connectivity index (χ4n) is 3.58. The highest BCUT2D eigenvalue weighted by Gasteiger charge is 2.38. The van der Waals surface area contributed by atoms with Crippen molar-refractivity contribution in [3.05, 3.63) is 0 Å². The molecule has 1 saturated carbocycles. The second-order valence-electron chi connectivity index (χ2n) is 6.90. The first-order valence-corrected chi connectivity index (χ1v) is 8.30. The highest BCUT2D eigenvalue weighted by atomic mass is 35.5. The Labute approximate surface area is 144 Å². The van der Waals surface area contributed by atoms with Crippen LogP contribution in [-0.2, 0) is 14.3 Å². The van der Waals surface area contributed by atoms with Crippen LogP contribution in [0.5, 0.6) is 0 Å². The summed E-state index contributed by atoms with van der Waals surface area (Å²) in [6.45, 7) is 3.47. The van der Waals surface area contributed by atoms with Crippen molar-refractivity contribution < 1.29 is 14.3 Å². The first kappa shape index (κ1) is 20.2. The van der Waals surface area contributed by atoms with E-state index in [-0.39, 0.29) is 42.8 Å². The van der Waals surface area contributed by atoms with Crippen LogP contribution >= 0.6 is 12.4 Å². The molecule has 3 N–H and O–H groups in total. The number of amides is 2. The molecule has 134 valence electrons. The molecule has 2 atom stereocenters. The Kier molecular flexibility index (Phi) is 7.77. The lowest BCUT2D eigenvalue weighted by molar-refractivity contribution is -0.136. The Morgan fingerprint density at radius 2 is 1.91 bits per heavy atom. The molecule has 1 saturated heterocycles. The third kappa shape index (κ3) is 5.33. The summed E-state index contributed by atoms with van der Waals surface area (Å²) < 4.78 is 4.88. The van der Waals surface area contributed by atoms with Gasteiger partial charge in [0.25, 0.3) is 0 Å². The van der Waals surface area contributed by atoms with Crippen molar-refractivity contribution in [2.75, 3.05) is 26.8 Å². The minimum Gasteiger partial charge on any atom is -0.375 e. The zero-order valence-electron chi connectivity index (χ0n) is 14.2. The molecule has 0 radical (unpaired) electrons. The lowest BCUT2D eigenvalue weighted by Gasteiger charge is -2.39. The molecule has 6 nitrogen and oxygen atoms in total. The van der Waals surface area contributed by atoms with E-state index in [0.29, 0.717) is 13.1 Å². The lowest BCUT2D eigenvalue weighted by Crippen LogP contribution is -2.55. The van der Waals surface area contributed by atoms with Crippen LogP contribution in [-0.4, -0.2) is 55.1 Å². The Morgan fingerprint density at radius 1 is 1.26 bits per heavy atom. The summed E-state index contributed by atoms with van der Waals surface area (Å²) in [6, 6.07) is 0.150. The number of nitrogens with two attached hydrogens (primary N) is 1. The standard InChI is InChI=1S/C16H29N3O3.ClH/c1-16(17)8-4-3-5-13(16)15(21)18-12-6-9-19(10-7-12)14(20)11-22-2;/h12-13H,3-11,17H2,1-2H3,(H,18,21);1H. The molecule has 23 heavy (non-hydrogen) atoms. The molecule has 1 heterocycles. The van der Waals surface area contributed by atoms with Gasteiger partial charge in [0, 0.05) is 31.8 Å². The van der Waals surface area contributed by atoms with E-state index in [4.69, 9.17) is 10.5 Å². The summed E-state index contributed by atoms with van der Waals surface area (Å²) in [6.07, 6.45) is 5.58. The van der Waals surface area contributed by atoms with Crippen molar-refractivity contribution in [1.82, 2.24) is 10.2 Å². The van der Waals surface area contributed by atoms with Crippen molar-refractivity contribution >= 4 is 24.2 Å². The van der Waals surface area contributed by atoms with Gasteiger partial charge in [-0.25, -0.2) is 0 Å². The van der Waals surface area contributed by atoms with Crippen molar-refractivity contribution in [2.24, 2.45) is 11.7 Å². The number of hydrogen-bond acceptors (Lipinski definition) is 4. The maximum absolute atomic E-state index is 12.5. The molecule has 2 aliphatic rings. The predicted octanol–water partition coefficient (Wildman–Crippen LogP) is 1.07. The van der Waals surface area contributed by atoms with Crippen LogP contribution in [0, 0.1) is 5.92 Å². The zero-order chi connectivity index (χ0) is 16.2. The van der Waals surface area contributed by atoms with E-state index in [2.05, 4.69) is 5.32 Å². The van der Waals surface area contributed by atoms with Crippen LogP contribution < -0.4 is 11.1 Å². The van der Waals surface area contributed by atoms with E-state index in [0.717, 1.165) is 38.5 Å². The molecule has 2 amide bonds. The Bertz CT molecular complexity index is 409. The Hall–Kier alpha value is -0.850. The summed E-state index contributed by atoms with van der Waals surface area (Å²) in [7, 11) is 1.53. The van der Waals surface area contributed by atoms with Crippen molar-refractivity contribution in [3.8, 4) is 0 Å². The van der Waals surface area contributed by atoms with E-state index >= 15 is 0 Å². The number of nitrogens with zero attached hydrogens (tertiary/aromatic N) is 1. The zero-order valence-corrected chi connectivity index (χ0v) is 15.0. The van der Waals surface area contributed by atoms with E-state index in [1.54, 1.807) is 4.90 Å². The minimum atomic E-state index is -0.391. The predicted molar refractivity (Wildman–Crippen MR) is 91.4 cm³/mol. The smallest absolute Gasteiger partial charge is 0.248 e. The molecular weight excluding hydrogens is 318 g/mol. The van der Waals surface area contributed by atoms with Gasteiger partial charge in [-0.2, -0.15) is 0 Å². The maximum Gasteiger partial charge on any atom is 0.248 e. The number of carbonyl (C=O) groups excluding carboxylic acids is 2. The first-order valence-electron chi connectivity index (χ1n) is 8.30. The molecular formula is C16H30ClN3O3. The fourth-order valence-corrected chi connectivity index (χ4v) is 3.58. The number of carbonyl (C=O) groups is 2. The molecule has 1 aliphatic heterocycles. The van der Waals surface area contributed by atoms with Gasteiger partial charge in [-0.1, -0.05) is 12.8 Å². The number of likely N-dealkylation sites (tertiary alicyclic amines) is 1. The second kappa shape index (κ2) is 8.85. The van der Waals surface area contributed by atoms with Crippen molar-refractivity contribution in [3.63, 3.8) is 0 Å². The van der Waals surface area contributed by atoms with Crippen LogP contribution in [0.2, 0.25) is 0 Å². The van der Waals surface area contributed by atoms with Crippen molar-refractivity contribution in [1.29, 1.82) is 0 Å². The number of ether oxygens (including phenoxy) is 1. The topological polar surface area (TPSA) is 84.7 Å². The largest absolute Gasteiger partial charge is 0.375 e. The highest BCUT2D eigenvalue weighted by molar-refractivity contribution is 5.85. The number of halogens is 1. The average Bonchev–Trinajstić information content (AvgIpc) is 2.47. The van der Waals surface area contributed by atoms with E-state index < -0.39 is 5.54 Å². The van der Waals surface area contributed by atoms with Crippen LogP contribution in [0.3, 0.4) is 0 Å². The van der Waals surface area contributed by atoms with Gasteiger partial charge in [0.15, 0.2) is 0 Å². The monoisotopic (exact) mass is 347 g/mol. The van der Waals surface area contributed by atoms with Crippen molar-refractivity contribution in [2.45, 2.75) is 57.0 Å².